The normalized spacial score (nSPS) is 20.0. The smallest absolute Gasteiger partial charge is 0.287 e. The van der Waals surface area contributed by atoms with Crippen molar-refractivity contribution in [1.82, 2.24) is 5.32 Å². The SMILES string of the molecule is NC(=O)c1ccc(O[C@@H]2CCOC[C@H]2NC(=O)c2ccc(Cl)o2)cc1. The quantitative estimate of drug-likeness (QED) is 0.844. The number of hydrogen-bond donors (Lipinski definition) is 2. The van der Waals surface area contributed by atoms with E-state index < -0.39 is 5.91 Å². The van der Waals surface area contributed by atoms with Crippen molar-refractivity contribution >= 4 is 23.4 Å². The summed E-state index contributed by atoms with van der Waals surface area (Å²) in [6.45, 7) is 0.854. The third-order valence-corrected chi connectivity index (χ3v) is 4.04. The van der Waals surface area contributed by atoms with Crippen molar-refractivity contribution in [1.29, 1.82) is 0 Å². The Bertz CT molecular complexity index is 759. The fourth-order valence-corrected chi connectivity index (χ4v) is 2.69. The number of amides is 2. The maximum Gasteiger partial charge on any atom is 0.287 e. The van der Waals surface area contributed by atoms with Gasteiger partial charge in [-0.15, -0.1) is 0 Å². The Kier molecular flexibility index (Phi) is 5.25. The Morgan fingerprint density at radius 2 is 1.96 bits per heavy atom. The number of primary amides is 1. The highest BCUT2D eigenvalue weighted by atomic mass is 35.5. The van der Waals surface area contributed by atoms with Crippen molar-refractivity contribution in [2.75, 3.05) is 13.2 Å². The van der Waals surface area contributed by atoms with Crippen LogP contribution in [0.25, 0.3) is 0 Å². The first-order valence-electron chi connectivity index (χ1n) is 7.73. The van der Waals surface area contributed by atoms with E-state index >= 15 is 0 Å². The average Bonchev–Trinajstić information content (AvgIpc) is 3.04. The molecule has 25 heavy (non-hydrogen) atoms. The van der Waals surface area contributed by atoms with Gasteiger partial charge in [0.1, 0.15) is 11.9 Å². The van der Waals surface area contributed by atoms with Crippen LogP contribution in [-0.2, 0) is 4.74 Å². The van der Waals surface area contributed by atoms with Gasteiger partial charge in [0.15, 0.2) is 11.0 Å². The Morgan fingerprint density at radius 3 is 2.60 bits per heavy atom. The predicted molar refractivity (Wildman–Crippen MR) is 89.8 cm³/mol. The van der Waals surface area contributed by atoms with Crippen LogP contribution >= 0.6 is 11.6 Å². The molecule has 0 aliphatic carbocycles. The summed E-state index contributed by atoms with van der Waals surface area (Å²) in [5, 5.41) is 2.98. The van der Waals surface area contributed by atoms with E-state index in [2.05, 4.69) is 5.32 Å². The minimum Gasteiger partial charge on any atom is -0.488 e. The average molecular weight is 365 g/mol. The van der Waals surface area contributed by atoms with Gasteiger partial charge in [0.05, 0.1) is 19.3 Å². The molecule has 7 nitrogen and oxygen atoms in total. The third kappa shape index (κ3) is 4.32. The zero-order chi connectivity index (χ0) is 17.8. The van der Waals surface area contributed by atoms with Gasteiger partial charge < -0.3 is 24.9 Å². The first-order valence-corrected chi connectivity index (χ1v) is 8.11. The molecule has 1 aliphatic rings. The van der Waals surface area contributed by atoms with Gasteiger partial charge >= 0.3 is 0 Å². The van der Waals surface area contributed by atoms with Crippen molar-refractivity contribution in [2.24, 2.45) is 5.73 Å². The molecule has 2 atom stereocenters. The fraction of sp³-hybridized carbons (Fsp3) is 0.294. The molecule has 1 aliphatic heterocycles. The number of nitrogens with one attached hydrogen (secondary N) is 1. The van der Waals surface area contributed by atoms with Crippen LogP contribution in [0.4, 0.5) is 0 Å². The van der Waals surface area contributed by atoms with Crippen molar-refractivity contribution in [3.63, 3.8) is 0 Å². The number of nitrogens with two attached hydrogens (primary N) is 1. The summed E-state index contributed by atoms with van der Waals surface area (Å²) in [7, 11) is 0. The molecule has 0 bridgehead atoms. The molecule has 0 radical (unpaired) electrons. The minimum atomic E-state index is -0.500. The molecule has 0 saturated carbocycles. The van der Waals surface area contributed by atoms with Gasteiger partial charge in [0, 0.05) is 12.0 Å². The number of ether oxygens (including phenoxy) is 2. The van der Waals surface area contributed by atoms with Crippen LogP contribution in [0.15, 0.2) is 40.8 Å². The van der Waals surface area contributed by atoms with Crippen molar-refractivity contribution in [3.8, 4) is 5.75 Å². The highest BCUT2D eigenvalue weighted by Crippen LogP contribution is 2.20. The molecule has 0 spiro atoms. The summed E-state index contributed by atoms with van der Waals surface area (Å²) in [6.07, 6.45) is 0.337. The molecule has 3 rings (SSSR count). The van der Waals surface area contributed by atoms with Crippen molar-refractivity contribution in [3.05, 3.63) is 52.9 Å². The Labute approximate surface area is 149 Å². The molecule has 1 fully saturated rings. The van der Waals surface area contributed by atoms with Crippen molar-refractivity contribution in [2.45, 2.75) is 18.6 Å². The lowest BCUT2D eigenvalue weighted by Crippen LogP contribution is -2.51. The zero-order valence-electron chi connectivity index (χ0n) is 13.2. The fourth-order valence-electron chi connectivity index (χ4n) is 2.54. The molecule has 2 aromatic rings. The van der Waals surface area contributed by atoms with Gasteiger partial charge in [0.2, 0.25) is 5.91 Å². The van der Waals surface area contributed by atoms with Crippen LogP contribution in [-0.4, -0.2) is 37.2 Å². The summed E-state index contributed by atoms with van der Waals surface area (Å²) in [6, 6.07) is 9.18. The minimum absolute atomic E-state index is 0.125. The van der Waals surface area contributed by atoms with Crippen LogP contribution in [0.2, 0.25) is 5.22 Å². The molecular formula is C17H17ClN2O5. The summed E-state index contributed by atoms with van der Waals surface area (Å²) in [5.41, 5.74) is 5.62. The lowest BCUT2D eigenvalue weighted by atomic mass is 10.1. The maximum atomic E-state index is 12.2. The van der Waals surface area contributed by atoms with Gasteiger partial charge in [-0.1, -0.05) is 0 Å². The second-order valence-corrected chi connectivity index (χ2v) is 5.96. The molecule has 2 heterocycles. The molecule has 0 unspecified atom stereocenters. The molecule has 1 aromatic carbocycles. The van der Waals surface area contributed by atoms with Crippen LogP contribution in [0.5, 0.6) is 5.75 Å². The summed E-state index contributed by atoms with van der Waals surface area (Å²) < 4.78 is 16.5. The topological polar surface area (TPSA) is 104 Å². The Hall–Kier alpha value is -2.51. The van der Waals surface area contributed by atoms with Crippen LogP contribution < -0.4 is 15.8 Å². The van der Waals surface area contributed by atoms with Crippen LogP contribution in [0.3, 0.4) is 0 Å². The molecular weight excluding hydrogens is 348 g/mol. The first kappa shape index (κ1) is 17.3. The van der Waals surface area contributed by atoms with E-state index in [-0.39, 0.29) is 29.0 Å². The van der Waals surface area contributed by atoms with Gasteiger partial charge in [-0.2, -0.15) is 0 Å². The van der Waals surface area contributed by atoms with E-state index in [1.54, 1.807) is 24.3 Å². The summed E-state index contributed by atoms with van der Waals surface area (Å²) in [4.78, 5) is 23.3. The second-order valence-electron chi connectivity index (χ2n) is 5.59. The number of rotatable bonds is 5. The second kappa shape index (κ2) is 7.58. The van der Waals surface area contributed by atoms with Gasteiger partial charge in [0.25, 0.3) is 5.91 Å². The molecule has 3 N–H and O–H groups in total. The lowest BCUT2D eigenvalue weighted by molar-refractivity contribution is -0.00320. The Balaban J connectivity index is 1.66. The monoisotopic (exact) mass is 364 g/mol. The van der Waals surface area contributed by atoms with E-state index in [1.807, 2.05) is 0 Å². The first-order chi connectivity index (χ1) is 12.0. The van der Waals surface area contributed by atoms with E-state index in [0.717, 1.165) is 0 Å². The predicted octanol–water partition coefficient (Wildman–Crippen LogP) is 2.00. The van der Waals surface area contributed by atoms with Gasteiger partial charge in [-0.25, -0.2) is 0 Å². The third-order valence-electron chi connectivity index (χ3n) is 3.83. The number of benzene rings is 1. The molecule has 8 heteroatoms. The summed E-state index contributed by atoms with van der Waals surface area (Å²) >= 11 is 5.69. The standard InChI is InChI=1S/C17H17ClN2O5/c18-15-6-5-14(25-15)17(22)20-12-9-23-8-7-13(12)24-11-3-1-10(2-4-11)16(19)21/h1-6,12-13H,7-9H2,(H2,19,21)(H,20,22)/t12-,13-/m1/s1. The van der Waals surface area contributed by atoms with E-state index in [4.69, 9.17) is 31.2 Å². The van der Waals surface area contributed by atoms with Crippen LogP contribution in [0, 0.1) is 0 Å². The Morgan fingerprint density at radius 1 is 1.20 bits per heavy atom. The molecule has 132 valence electrons. The van der Waals surface area contributed by atoms with Crippen molar-refractivity contribution < 1.29 is 23.5 Å². The van der Waals surface area contributed by atoms with Gasteiger partial charge in [-0.3, -0.25) is 9.59 Å². The zero-order valence-corrected chi connectivity index (χ0v) is 14.0. The number of furan rings is 1. The van der Waals surface area contributed by atoms with Crippen LogP contribution in [0.1, 0.15) is 27.3 Å². The van der Waals surface area contributed by atoms with E-state index in [0.29, 0.717) is 30.9 Å². The maximum absolute atomic E-state index is 12.2. The summed E-state index contributed by atoms with van der Waals surface area (Å²) in [5.74, 6) is -0.183. The highest BCUT2D eigenvalue weighted by molar-refractivity contribution is 6.29. The number of halogens is 1. The number of carbonyl (C=O) groups is 2. The van der Waals surface area contributed by atoms with E-state index in [1.165, 1.54) is 12.1 Å². The largest absolute Gasteiger partial charge is 0.488 e. The molecule has 1 aromatic heterocycles. The molecule has 2 amide bonds. The molecule has 1 saturated heterocycles. The lowest BCUT2D eigenvalue weighted by Gasteiger charge is -2.32. The van der Waals surface area contributed by atoms with Gasteiger partial charge in [-0.05, 0) is 48.0 Å². The highest BCUT2D eigenvalue weighted by Gasteiger charge is 2.30. The van der Waals surface area contributed by atoms with E-state index in [9.17, 15) is 9.59 Å². The number of carbonyl (C=O) groups excluding carboxylic acids is 2. The number of hydrogen-bond acceptors (Lipinski definition) is 5.